The number of nitrogen functional groups attached to an aromatic ring is 1. The van der Waals surface area contributed by atoms with Crippen molar-refractivity contribution >= 4 is 28.9 Å². The lowest BCUT2D eigenvalue weighted by Crippen LogP contribution is -2.45. The SMILES string of the molecule is COC(=O)c1cc(N)cc(Cl)c1N1C2CCC1CC(O)C2. The molecule has 0 radical (unpaired) electrons. The number of nitrogens with zero attached hydrogens (tertiary/aromatic N) is 1. The second-order valence-corrected chi connectivity index (χ2v) is 6.22. The highest BCUT2D eigenvalue weighted by atomic mass is 35.5. The Labute approximate surface area is 128 Å². The number of benzene rings is 1. The summed E-state index contributed by atoms with van der Waals surface area (Å²) in [5.74, 6) is -0.440. The van der Waals surface area contributed by atoms with Gasteiger partial charge in [-0.2, -0.15) is 0 Å². The number of carbonyl (C=O) groups is 1. The molecule has 21 heavy (non-hydrogen) atoms. The Balaban J connectivity index is 2.08. The van der Waals surface area contributed by atoms with E-state index in [0.29, 0.717) is 34.8 Å². The number of methoxy groups -OCH3 is 1. The lowest BCUT2D eigenvalue weighted by Gasteiger charge is -2.40. The van der Waals surface area contributed by atoms with Crippen LogP contribution < -0.4 is 10.6 Å². The van der Waals surface area contributed by atoms with Crippen molar-refractivity contribution < 1.29 is 14.6 Å². The van der Waals surface area contributed by atoms with Gasteiger partial charge in [0.25, 0.3) is 0 Å². The second kappa shape index (κ2) is 5.39. The minimum atomic E-state index is -0.440. The van der Waals surface area contributed by atoms with E-state index in [-0.39, 0.29) is 18.2 Å². The number of carbonyl (C=O) groups excluding carboxylic acids is 1. The summed E-state index contributed by atoms with van der Waals surface area (Å²) in [6.45, 7) is 0. The van der Waals surface area contributed by atoms with E-state index in [9.17, 15) is 9.90 Å². The standard InChI is InChI=1S/C15H19ClN2O3/c1-21-15(20)12-4-8(17)5-13(16)14(12)18-9-2-3-10(18)7-11(19)6-9/h4-5,9-11,19H,2-3,6-7,17H2,1H3. The third-order valence-corrected chi connectivity index (χ3v) is 4.75. The van der Waals surface area contributed by atoms with Crippen molar-refractivity contribution in [1.82, 2.24) is 0 Å². The summed E-state index contributed by atoms with van der Waals surface area (Å²) in [4.78, 5) is 14.2. The monoisotopic (exact) mass is 310 g/mol. The molecular formula is C15H19ClN2O3. The van der Waals surface area contributed by atoms with E-state index in [2.05, 4.69) is 4.90 Å². The van der Waals surface area contributed by atoms with Crippen LogP contribution in [0.1, 0.15) is 36.0 Å². The molecule has 2 unspecified atom stereocenters. The molecule has 2 atom stereocenters. The van der Waals surface area contributed by atoms with E-state index in [1.165, 1.54) is 7.11 Å². The zero-order valence-corrected chi connectivity index (χ0v) is 12.6. The third kappa shape index (κ3) is 2.45. The Morgan fingerprint density at radius 3 is 2.57 bits per heavy atom. The largest absolute Gasteiger partial charge is 0.465 e. The minimum absolute atomic E-state index is 0.211. The Hall–Kier alpha value is -1.46. The number of piperidine rings is 1. The molecule has 0 aliphatic carbocycles. The summed E-state index contributed by atoms with van der Waals surface area (Å²) in [5.41, 5.74) is 7.34. The highest BCUT2D eigenvalue weighted by molar-refractivity contribution is 6.34. The number of aliphatic hydroxyl groups excluding tert-OH is 1. The Kier molecular flexibility index (Phi) is 3.71. The number of hydrogen-bond donors (Lipinski definition) is 2. The second-order valence-electron chi connectivity index (χ2n) is 5.81. The number of rotatable bonds is 2. The molecule has 1 aromatic rings. The van der Waals surface area contributed by atoms with E-state index < -0.39 is 5.97 Å². The Bertz CT molecular complexity index is 564. The van der Waals surface area contributed by atoms with Crippen molar-refractivity contribution in [3.8, 4) is 0 Å². The molecule has 2 fully saturated rings. The summed E-state index contributed by atoms with van der Waals surface area (Å²) < 4.78 is 4.86. The van der Waals surface area contributed by atoms with E-state index in [1.807, 2.05) is 0 Å². The van der Waals surface area contributed by atoms with Crippen LogP contribution in [0, 0.1) is 0 Å². The van der Waals surface area contributed by atoms with E-state index in [4.69, 9.17) is 22.1 Å². The first-order valence-electron chi connectivity index (χ1n) is 7.15. The average molecular weight is 311 g/mol. The van der Waals surface area contributed by atoms with Crippen LogP contribution >= 0.6 is 11.6 Å². The van der Waals surface area contributed by atoms with Crippen LogP contribution in [0.5, 0.6) is 0 Å². The zero-order valence-electron chi connectivity index (χ0n) is 11.9. The molecule has 2 aliphatic rings. The summed E-state index contributed by atoms with van der Waals surface area (Å²) in [7, 11) is 1.35. The molecular weight excluding hydrogens is 292 g/mol. The van der Waals surface area contributed by atoms with E-state index >= 15 is 0 Å². The van der Waals surface area contributed by atoms with Crippen LogP contribution in [0.25, 0.3) is 0 Å². The van der Waals surface area contributed by atoms with E-state index in [1.54, 1.807) is 12.1 Å². The number of aliphatic hydroxyl groups is 1. The maximum atomic E-state index is 12.1. The van der Waals surface area contributed by atoms with Crippen LogP contribution in [0.3, 0.4) is 0 Å². The molecule has 2 heterocycles. The molecule has 0 amide bonds. The molecule has 2 saturated heterocycles. The summed E-state index contributed by atoms with van der Waals surface area (Å²) in [5, 5.41) is 10.4. The molecule has 6 heteroatoms. The average Bonchev–Trinajstić information content (AvgIpc) is 2.68. The fourth-order valence-electron chi connectivity index (χ4n) is 3.66. The predicted octanol–water partition coefficient (Wildman–Crippen LogP) is 2.20. The van der Waals surface area contributed by atoms with E-state index in [0.717, 1.165) is 12.8 Å². The Morgan fingerprint density at radius 2 is 2.00 bits per heavy atom. The first-order chi connectivity index (χ1) is 10.0. The van der Waals surface area contributed by atoms with Crippen molar-refractivity contribution in [3.05, 3.63) is 22.7 Å². The van der Waals surface area contributed by atoms with Gasteiger partial charge in [-0.3, -0.25) is 0 Å². The number of esters is 1. The van der Waals surface area contributed by atoms with Crippen LogP contribution in [-0.2, 0) is 4.74 Å². The number of anilines is 2. The third-order valence-electron chi connectivity index (χ3n) is 4.46. The molecule has 2 aliphatic heterocycles. The first-order valence-corrected chi connectivity index (χ1v) is 7.52. The van der Waals surface area contributed by atoms with Gasteiger partial charge < -0.3 is 20.5 Å². The number of nitrogens with two attached hydrogens (primary N) is 1. The lowest BCUT2D eigenvalue weighted by atomic mass is 9.97. The minimum Gasteiger partial charge on any atom is -0.465 e. The number of ether oxygens (including phenoxy) is 1. The molecule has 2 bridgehead atoms. The number of fused-ring (bicyclic) bond motifs is 2. The van der Waals surface area contributed by atoms with Crippen LogP contribution in [-0.4, -0.2) is 36.4 Å². The molecule has 0 spiro atoms. The highest BCUT2D eigenvalue weighted by Crippen LogP contribution is 2.44. The van der Waals surface area contributed by atoms with Gasteiger partial charge in [0.15, 0.2) is 0 Å². The van der Waals surface area contributed by atoms with Crippen LogP contribution in [0.2, 0.25) is 5.02 Å². The first kappa shape index (κ1) is 14.5. The number of hydrogen-bond acceptors (Lipinski definition) is 5. The van der Waals surface area contributed by atoms with Crippen molar-refractivity contribution in [3.63, 3.8) is 0 Å². The maximum Gasteiger partial charge on any atom is 0.340 e. The van der Waals surface area contributed by atoms with Gasteiger partial charge in [-0.05, 0) is 37.8 Å². The summed E-state index contributed by atoms with van der Waals surface area (Å²) in [6, 6.07) is 3.69. The van der Waals surface area contributed by atoms with Crippen molar-refractivity contribution in [1.29, 1.82) is 0 Å². The molecule has 1 aromatic carbocycles. The smallest absolute Gasteiger partial charge is 0.340 e. The van der Waals surface area contributed by atoms with Gasteiger partial charge in [-0.25, -0.2) is 4.79 Å². The quantitative estimate of drug-likeness (QED) is 0.647. The highest BCUT2D eigenvalue weighted by Gasteiger charge is 2.42. The fourth-order valence-corrected chi connectivity index (χ4v) is 3.99. The van der Waals surface area contributed by atoms with Crippen LogP contribution in [0.4, 0.5) is 11.4 Å². The maximum absolute atomic E-state index is 12.1. The predicted molar refractivity (Wildman–Crippen MR) is 81.7 cm³/mol. The topological polar surface area (TPSA) is 75.8 Å². The molecule has 0 saturated carbocycles. The molecule has 3 N–H and O–H groups in total. The van der Waals surface area contributed by atoms with Gasteiger partial charge in [0.05, 0.1) is 29.5 Å². The summed E-state index contributed by atoms with van der Waals surface area (Å²) in [6.07, 6.45) is 3.15. The molecule has 114 valence electrons. The molecule has 5 nitrogen and oxygen atoms in total. The zero-order chi connectivity index (χ0) is 15.1. The van der Waals surface area contributed by atoms with Gasteiger partial charge in [0.2, 0.25) is 0 Å². The van der Waals surface area contributed by atoms with Gasteiger partial charge in [-0.1, -0.05) is 11.6 Å². The number of halogens is 1. The van der Waals surface area contributed by atoms with Gasteiger partial charge in [-0.15, -0.1) is 0 Å². The van der Waals surface area contributed by atoms with Gasteiger partial charge in [0.1, 0.15) is 0 Å². The van der Waals surface area contributed by atoms with Crippen molar-refractivity contribution in [2.24, 2.45) is 0 Å². The fraction of sp³-hybridized carbons (Fsp3) is 0.533. The normalized spacial score (nSPS) is 27.8. The van der Waals surface area contributed by atoms with Crippen molar-refractivity contribution in [2.45, 2.75) is 43.9 Å². The van der Waals surface area contributed by atoms with Crippen molar-refractivity contribution in [2.75, 3.05) is 17.7 Å². The van der Waals surface area contributed by atoms with Crippen LogP contribution in [0.15, 0.2) is 12.1 Å². The summed E-state index contributed by atoms with van der Waals surface area (Å²) >= 11 is 6.37. The van der Waals surface area contributed by atoms with Gasteiger partial charge in [0, 0.05) is 17.8 Å². The molecule has 0 aromatic heterocycles. The Morgan fingerprint density at radius 1 is 1.38 bits per heavy atom. The molecule has 3 rings (SSSR count). The van der Waals surface area contributed by atoms with Gasteiger partial charge >= 0.3 is 5.97 Å². The lowest BCUT2D eigenvalue weighted by molar-refractivity contribution is 0.0601.